The van der Waals surface area contributed by atoms with Crippen LogP contribution in [0, 0.1) is 0 Å². The fourth-order valence-electron chi connectivity index (χ4n) is 4.69. The molecular weight excluding hydrogens is 350 g/mol. The van der Waals surface area contributed by atoms with Crippen molar-refractivity contribution in [1.82, 2.24) is 14.0 Å². The van der Waals surface area contributed by atoms with Crippen molar-refractivity contribution in [2.45, 2.75) is 45.2 Å². The number of carbonyl (C=O) groups excluding carboxylic acids is 1. The molecule has 28 heavy (non-hydrogen) atoms. The van der Waals surface area contributed by atoms with E-state index in [1.807, 2.05) is 27.7 Å². The maximum atomic E-state index is 13.1. The minimum atomic E-state index is -0.0495. The average molecular weight is 375 g/mol. The number of hydrogen-bond acceptors (Lipinski definition) is 2. The Balaban J connectivity index is 1.62. The molecule has 1 fully saturated rings. The number of benzene rings is 2. The zero-order valence-corrected chi connectivity index (χ0v) is 16.1. The van der Waals surface area contributed by atoms with Gasteiger partial charge in [0.15, 0.2) is 0 Å². The Hall–Kier alpha value is -2.82. The number of amides is 1. The van der Waals surface area contributed by atoms with Gasteiger partial charge < -0.3 is 4.90 Å². The summed E-state index contributed by atoms with van der Waals surface area (Å²) in [5.41, 5.74) is 5.32. The van der Waals surface area contributed by atoms with E-state index in [0.29, 0.717) is 0 Å². The number of piperidine rings is 1. The van der Waals surface area contributed by atoms with Crippen LogP contribution in [0.3, 0.4) is 0 Å². The summed E-state index contributed by atoms with van der Waals surface area (Å²) in [7, 11) is 0. The van der Waals surface area contributed by atoms with E-state index in [1.54, 1.807) is 4.57 Å². The molecule has 0 radical (unpaired) electrons. The second-order valence-electron chi connectivity index (χ2n) is 7.93. The Labute approximate surface area is 164 Å². The van der Waals surface area contributed by atoms with Crippen LogP contribution in [0.4, 0.5) is 0 Å². The Bertz CT molecular complexity index is 1090. The Morgan fingerprint density at radius 2 is 1.68 bits per heavy atom. The fourth-order valence-corrected chi connectivity index (χ4v) is 4.69. The number of aryl methyl sites for hydroxylation is 2. The lowest BCUT2D eigenvalue weighted by atomic mass is 9.97. The van der Waals surface area contributed by atoms with Gasteiger partial charge in [0, 0.05) is 19.6 Å². The van der Waals surface area contributed by atoms with E-state index >= 15 is 0 Å². The van der Waals surface area contributed by atoms with Crippen molar-refractivity contribution in [2.75, 3.05) is 13.1 Å². The molecule has 3 aromatic rings. The van der Waals surface area contributed by atoms with E-state index in [9.17, 15) is 9.59 Å². The zero-order chi connectivity index (χ0) is 19.1. The monoisotopic (exact) mass is 375 g/mol. The van der Waals surface area contributed by atoms with Crippen molar-refractivity contribution in [3.05, 3.63) is 58.5 Å². The summed E-state index contributed by atoms with van der Waals surface area (Å²) in [6.45, 7) is 2.50. The molecule has 0 atom stereocenters. The summed E-state index contributed by atoms with van der Waals surface area (Å²) in [4.78, 5) is 27.9. The first-order valence-corrected chi connectivity index (χ1v) is 10.3. The Morgan fingerprint density at radius 1 is 0.893 bits per heavy atom. The molecule has 0 N–H and O–H groups in total. The molecule has 2 aliphatic heterocycles. The van der Waals surface area contributed by atoms with E-state index < -0.39 is 0 Å². The van der Waals surface area contributed by atoms with Crippen molar-refractivity contribution in [3.8, 4) is 11.1 Å². The summed E-state index contributed by atoms with van der Waals surface area (Å²) in [5, 5.41) is 0. The Morgan fingerprint density at radius 3 is 2.46 bits per heavy atom. The number of rotatable bonds is 3. The molecule has 0 saturated carbocycles. The third-order valence-electron chi connectivity index (χ3n) is 6.13. The number of carbonyl (C=O) groups is 1. The van der Waals surface area contributed by atoms with Crippen molar-refractivity contribution < 1.29 is 4.79 Å². The topological polar surface area (TPSA) is 47.2 Å². The number of nitrogens with zero attached hydrogens (tertiary/aromatic N) is 3. The van der Waals surface area contributed by atoms with Gasteiger partial charge in [0.05, 0.1) is 11.0 Å². The van der Waals surface area contributed by atoms with Crippen LogP contribution >= 0.6 is 0 Å². The summed E-state index contributed by atoms with van der Waals surface area (Å²) < 4.78 is 3.57. The molecule has 1 saturated heterocycles. The molecule has 1 aromatic heterocycles. The third kappa shape index (κ3) is 2.86. The average Bonchev–Trinajstić information content (AvgIpc) is 3.02. The fraction of sp³-hybridized carbons (Fsp3) is 0.391. The van der Waals surface area contributed by atoms with Gasteiger partial charge in [-0.1, -0.05) is 30.3 Å². The van der Waals surface area contributed by atoms with Crippen LogP contribution in [0.1, 0.15) is 31.2 Å². The number of likely N-dealkylation sites (tertiary alicyclic amines) is 1. The highest BCUT2D eigenvalue weighted by Crippen LogP contribution is 2.31. The quantitative estimate of drug-likeness (QED) is 0.704. The number of hydrogen-bond donors (Lipinski definition) is 0. The van der Waals surface area contributed by atoms with Gasteiger partial charge in [0.25, 0.3) is 0 Å². The van der Waals surface area contributed by atoms with Crippen LogP contribution in [0.25, 0.3) is 22.2 Å². The molecule has 5 nitrogen and oxygen atoms in total. The van der Waals surface area contributed by atoms with E-state index in [0.717, 1.165) is 67.5 Å². The van der Waals surface area contributed by atoms with Gasteiger partial charge in [0.1, 0.15) is 6.54 Å². The van der Waals surface area contributed by atoms with Gasteiger partial charge in [-0.05, 0) is 60.9 Å². The minimum absolute atomic E-state index is 0.0495. The van der Waals surface area contributed by atoms with Crippen molar-refractivity contribution in [3.63, 3.8) is 0 Å². The number of aromatic nitrogens is 2. The molecule has 1 amide bonds. The second kappa shape index (κ2) is 6.97. The van der Waals surface area contributed by atoms with Crippen LogP contribution in [0.5, 0.6) is 0 Å². The maximum Gasteiger partial charge on any atom is 0.329 e. The highest BCUT2D eigenvalue weighted by atomic mass is 16.2. The largest absolute Gasteiger partial charge is 0.341 e. The zero-order valence-electron chi connectivity index (χ0n) is 16.1. The lowest BCUT2D eigenvalue weighted by Gasteiger charge is -2.26. The summed E-state index contributed by atoms with van der Waals surface area (Å²) in [6, 6.07) is 14.6. The molecule has 5 heteroatoms. The van der Waals surface area contributed by atoms with Gasteiger partial charge in [-0.25, -0.2) is 4.79 Å². The molecule has 0 aliphatic carbocycles. The molecule has 3 heterocycles. The van der Waals surface area contributed by atoms with Gasteiger partial charge in [-0.15, -0.1) is 0 Å². The lowest BCUT2D eigenvalue weighted by molar-refractivity contribution is -0.132. The van der Waals surface area contributed by atoms with Crippen molar-refractivity contribution in [1.29, 1.82) is 0 Å². The van der Waals surface area contributed by atoms with E-state index in [-0.39, 0.29) is 18.1 Å². The molecule has 0 spiro atoms. The normalized spacial score (nSPS) is 16.5. The predicted molar refractivity (Wildman–Crippen MR) is 110 cm³/mol. The summed E-state index contributed by atoms with van der Waals surface area (Å²) in [5.74, 6) is 0.0618. The van der Waals surface area contributed by atoms with Crippen molar-refractivity contribution >= 4 is 16.9 Å². The Kier molecular flexibility index (Phi) is 4.30. The maximum absolute atomic E-state index is 13.1. The van der Waals surface area contributed by atoms with Gasteiger partial charge in [-0.2, -0.15) is 0 Å². The summed E-state index contributed by atoms with van der Waals surface area (Å²) in [6.07, 6.45) is 5.24. The van der Waals surface area contributed by atoms with Gasteiger partial charge in [-0.3, -0.25) is 13.9 Å². The van der Waals surface area contributed by atoms with Crippen LogP contribution in [0.2, 0.25) is 0 Å². The second-order valence-corrected chi connectivity index (χ2v) is 7.93. The lowest BCUT2D eigenvalue weighted by Crippen LogP contribution is -2.39. The van der Waals surface area contributed by atoms with E-state index in [4.69, 9.17) is 0 Å². The highest BCUT2D eigenvalue weighted by molar-refractivity contribution is 5.88. The van der Waals surface area contributed by atoms with Crippen LogP contribution in [-0.4, -0.2) is 33.0 Å². The molecule has 0 unspecified atom stereocenters. The standard InChI is InChI=1S/C23H25N3O2/c27-21(24-11-5-2-6-12-24)16-26-20-15-19(17-8-3-1-4-9-17)14-18-10-7-13-25(22(18)20)23(26)28/h1,3-4,8-9,14-15H,2,5-7,10-13,16H2. The molecule has 144 valence electrons. The van der Waals surface area contributed by atoms with Gasteiger partial charge >= 0.3 is 5.69 Å². The third-order valence-corrected chi connectivity index (χ3v) is 6.13. The summed E-state index contributed by atoms with van der Waals surface area (Å²) >= 11 is 0. The first kappa shape index (κ1) is 17.3. The first-order valence-electron chi connectivity index (χ1n) is 10.3. The highest BCUT2D eigenvalue weighted by Gasteiger charge is 2.24. The van der Waals surface area contributed by atoms with E-state index in [2.05, 4.69) is 24.3 Å². The molecule has 2 aliphatic rings. The van der Waals surface area contributed by atoms with Crippen molar-refractivity contribution in [2.24, 2.45) is 0 Å². The predicted octanol–water partition coefficient (Wildman–Crippen LogP) is 3.43. The molecule has 2 aromatic carbocycles. The first-order chi connectivity index (χ1) is 13.7. The SMILES string of the molecule is O=C(Cn1c(=O)n2c3c(cc(-c4ccccc4)cc31)CCC2)N1CCCCC1. The van der Waals surface area contributed by atoms with Crippen LogP contribution in [0.15, 0.2) is 47.3 Å². The van der Waals surface area contributed by atoms with E-state index in [1.165, 1.54) is 12.0 Å². The molecular formula is C23H25N3O2. The molecule has 0 bridgehead atoms. The number of imidazole rings is 1. The van der Waals surface area contributed by atoms with Crippen LogP contribution in [-0.2, 0) is 24.3 Å². The minimum Gasteiger partial charge on any atom is -0.341 e. The molecule has 5 rings (SSSR count). The smallest absolute Gasteiger partial charge is 0.329 e. The van der Waals surface area contributed by atoms with Gasteiger partial charge in [0.2, 0.25) is 5.91 Å². The van der Waals surface area contributed by atoms with Crippen LogP contribution < -0.4 is 5.69 Å².